The van der Waals surface area contributed by atoms with Crippen molar-refractivity contribution in [1.82, 2.24) is 10.2 Å². The van der Waals surface area contributed by atoms with Gasteiger partial charge in [0.05, 0.1) is 18.3 Å². The fraction of sp³-hybridized carbons (Fsp3) is 0.480. The van der Waals surface area contributed by atoms with Crippen LogP contribution in [0.4, 0.5) is 0 Å². The minimum atomic E-state index is -0.0345. The van der Waals surface area contributed by atoms with Gasteiger partial charge >= 0.3 is 0 Å². The molecule has 0 saturated carbocycles. The summed E-state index contributed by atoms with van der Waals surface area (Å²) in [6.45, 7) is 3.89. The monoisotopic (exact) mass is 424 g/mol. The van der Waals surface area contributed by atoms with Gasteiger partial charge in [0.1, 0.15) is 12.4 Å². The third-order valence-electron chi connectivity index (χ3n) is 6.32. The lowest BCUT2D eigenvalue weighted by molar-refractivity contribution is -0.0764. The summed E-state index contributed by atoms with van der Waals surface area (Å²) in [5.41, 5.74) is 1.93. The number of rotatable bonds is 8. The maximum Gasteiger partial charge on any atom is 0.251 e. The molecule has 0 aliphatic carbocycles. The zero-order valence-corrected chi connectivity index (χ0v) is 18.0. The van der Waals surface area contributed by atoms with E-state index in [1.807, 2.05) is 42.5 Å². The van der Waals surface area contributed by atoms with Gasteiger partial charge in [-0.3, -0.25) is 9.69 Å². The predicted molar refractivity (Wildman–Crippen MR) is 119 cm³/mol. The average Bonchev–Trinajstić information content (AvgIpc) is 3.22. The minimum Gasteiger partial charge on any atom is -0.491 e. The van der Waals surface area contributed by atoms with Gasteiger partial charge in [-0.05, 0) is 55.5 Å². The number of nitrogens with one attached hydrogen (secondary N) is 1. The molecule has 0 bridgehead atoms. The fourth-order valence-corrected chi connectivity index (χ4v) is 4.54. The van der Waals surface area contributed by atoms with Crippen molar-refractivity contribution in [3.8, 4) is 5.75 Å². The topological polar surface area (TPSA) is 71.0 Å². The lowest BCUT2D eigenvalue weighted by Gasteiger charge is -2.39. The van der Waals surface area contributed by atoms with Crippen LogP contribution in [-0.4, -0.2) is 60.5 Å². The first-order valence-corrected chi connectivity index (χ1v) is 11.2. The maximum atomic E-state index is 12.3. The number of likely N-dealkylation sites (tertiary alicyclic amines) is 1. The van der Waals surface area contributed by atoms with Crippen molar-refractivity contribution < 1.29 is 19.4 Å². The number of carbonyl (C=O) groups is 1. The Bertz CT molecular complexity index is 832. The van der Waals surface area contributed by atoms with Gasteiger partial charge in [-0.15, -0.1) is 0 Å². The lowest BCUT2D eigenvalue weighted by atomic mass is 9.88. The standard InChI is InChI=1S/C25H32N2O4/c28-16-17-30-22-8-6-20(7-9-22)19-27-14-12-25(13-15-27)11-10-23(31-25)18-26-24(29)21-4-2-1-3-5-21/h1-9,23,28H,10-19H2,(H,26,29)/t23-/m0/s1. The molecule has 2 aliphatic rings. The Morgan fingerprint density at radius 3 is 2.55 bits per heavy atom. The number of amides is 1. The number of ether oxygens (including phenoxy) is 2. The van der Waals surface area contributed by atoms with Crippen molar-refractivity contribution in [3.05, 3.63) is 65.7 Å². The number of aliphatic hydroxyl groups excluding tert-OH is 1. The molecule has 2 fully saturated rings. The Balaban J connectivity index is 1.20. The molecule has 1 atom stereocenters. The summed E-state index contributed by atoms with van der Waals surface area (Å²) in [7, 11) is 0. The van der Waals surface area contributed by atoms with Crippen molar-refractivity contribution >= 4 is 5.91 Å². The minimum absolute atomic E-state index is 0.0271. The van der Waals surface area contributed by atoms with E-state index in [4.69, 9.17) is 14.6 Å². The molecule has 0 radical (unpaired) electrons. The van der Waals surface area contributed by atoms with Gasteiger partial charge in [-0.2, -0.15) is 0 Å². The largest absolute Gasteiger partial charge is 0.491 e. The molecule has 166 valence electrons. The lowest BCUT2D eigenvalue weighted by Crippen LogP contribution is -2.44. The van der Waals surface area contributed by atoms with E-state index in [0.29, 0.717) is 18.7 Å². The van der Waals surface area contributed by atoms with Gasteiger partial charge < -0.3 is 19.9 Å². The highest BCUT2D eigenvalue weighted by molar-refractivity contribution is 5.94. The summed E-state index contributed by atoms with van der Waals surface area (Å²) >= 11 is 0. The van der Waals surface area contributed by atoms with Gasteiger partial charge in [0.25, 0.3) is 5.91 Å². The molecule has 6 heteroatoms. The summed E-state index contributed by atoms with van der Waals surface area (Å²) in [4.78, 5) is 14.7. The molecular formula is C25H32N2O4. The molecule has 4 rings (SSSR count). The summed E-state index contributed by atoms with van der Waals surface area (Å²) in [5.74, 6) is 0.757. The van der Waals surface area contributed by atoms with Crippen LogP contribution in [0.3, 0.4) is 0 Å². The Kier molecular flexibility index (Phi) is 7.22. The highest BCUT2D eigenvalue weighted by Gasteiger charge is 2.42. The normalized spacial score (nSPS) is 20.6. The van der Waals surface area contributed by atoms with Crippen molar-refractivity contribution in [1.29, 1.82) is 0 Å². The molecule has 31 heavy (non-hydrogen) atoms. The zero-order chi connectivity index (χ0) is 21.5. The highest BCUT2D eigenvalue weighted by atomic mass is 16.5. The number of hydrogen-bond acceptors (Lipinski definition) is 5. The van der Waals surface area contributed by atoms with Gasteiger partial charge in [-0.1, -0.05) is 30.3 Å². The SMILES string of the molecule is O=C(NC[C@@H]1CCC2(CCN(Cc3ccc(OCCO)cc3)CC2)O1)c1ccccc1. The van der Waals surface area contributed by atoms with Crippen LogP contribution in [0.25, 0.3) is 0 Å². The third kappa shape index (κ3) is 5.85. The number of hydrogen-bond donors (Lipinski definition) is 2. The van der Waals surface area contributed by atoms with E-state index < -0.39 is 0 Å². The molecule has 2 aromatic rings. The quantitative estimate of drug-likeness (QED) is 0.682. The van der Waals surface area contributed by atoms with Gasteiger partial charge in [0, 0.05) is 31.7 Å². The summed E-state index contributed by atoms with van der Waals surface area (Å²) in [5, 5.41) is 11.9. The van der Waals surface area contributed by atoms with E-state index >= 15 is 0 Å². The Hall–Kier alpha value is -2.41. The summed E-state index contributed by atoms with van der Waals surface area (Å²) in [6, 6.07) is 17.4. The van der Waals surface area contributed by atoms with E-state index in [-0.39, 0.29) is 24.2 Å². The van der Waals surface area contributed by atoms with Crippen molar-refractivity contribution in [3.63, 3.8) is 0 Å². The second-order valence-corrected chi connectivity index (χ2v) is 8.53. The van der Waals surface area contributed by atoms with Gasteiger partial charge in [-0.25, -0.2) is 0 Å². The van der Waals surface area contributed by atoms with Crippen molar-refractivity contribution in [2.45, 2.75) is 43.9 Å². The molecular weight excluding hydrogens is 392 g/mol. The smallest absolute Gasteiger partial charge is 0.251 e. The van der Waals surface area contributed by atoms with E-state index in [1.165, 1.54) is 5.56 Å². The Morgan fingerprint density at radius 2 is 1.84 bits per heavy atom. The second-order valence-electron chi connectivity index (χ2n) is 8.53. The molecule has 2 aromatic carbocycles. The maximum absolute atomic E-state index is 12.3. The molecule has 6 nitrogen and oxygen atoms in total. The first-order valence-electron chi connectivity index (χ1n) is 11.2. The Labute approximate surface area is 184 Å². The van der Waals surface area contributed by atoms with Crippen LogP contribution in [0, 0.1) is 0 Å². The van der Waals surface area contributed by atoms with Crippen LogP contribution in [0.2, 0.25) is 0 Å². The van der Waals surface area contributed by atoms with Gasteiger partial charge in [0.2, 0.25) is 0 Å². The van der Waals surface area contributed by atoms with Crippen LogP contribution in [0.5, 0.6) is 5.75 Å². The number of benzene rings is 2. The number of carbonyl (C=O) groups excluding carboxylic acids is 1. The van der Waals surface area contributed by atoms with Crippen molar-refractivity contribution in [2.24, 2.45) is 0 Å². The third-order valence-corrected chi connectivity index (χ3v) is 6.32. The van der Waals surface area contributed by atoms with E-state index in [2.05, 4.69) is 22.3 Å². The van der Waals surface area contributed by atoms with E-state index in [0.717, 1.165) is 51.1 Å². The number of aliphatic hydroxyl groups is 1. The number of nitrogens with zero attached hydrogens (tertiary/aromatic N) is 1. The molecule has 0 aromatic heterocycles. The van der Waals surface area contributed by atoms with Crippen LogP contribution < -0.4 is 10.1 Å². The highest BCUT2D eigenvalue weighted by Crippen LogP contribution is 2.39. The molecule has 2 heterocycles. The summed E-state index contributed by atoms with van der Waals surface area (Å²) in [6.07, 6.45) is 4.25. The van der Waals surface area contributed by atoms with E-state index in [9.17, 15) is 4.79 Å². The molecule has 0 unspecified atom stereocenters. The van der Waals surface area contributed by atoms with Crippen LogP contribution in [0.15, 0.2) is 54.6 Å². The summed E-state index contributed by atoms with van der Waals surface area (Å²) < 4.78 is 11.9. The number of piperidine rings is 1. The van der Waals surface area contributed by atoms with Crippen LogP contribution >= 0.6 is 0 Å². The van der Waals surface area contributed by atoms with Gasteiger partial charge in [0.15, 0.2) is 0 Å². The Morgan fingerprint density at radius 1 is 1.10 bits per heavy atom. The molecule has 2 N–H and O–H groups in total. The van der Waals surface area contributed by atoms with Crippen molar-refractivity contribution in [2.75, 3.05) is 32.8 Å². The average molecular weight is 425 g/mol. The van der Waals surface area contributed by atoms with Crippen LogP contribution in [0.1, 0.15) is 41.6 Å². The first kappa shape index (κ1) is 21.8. The fourth-order valence-electron chi connectivity index (χ4n) is 4.54. The van der Waals surface area contributed by atoms with Crippen LogP contribution in [-0.2, 0) is 11.3 Å². The second kappa shape index (κ2) is 10.3. The molecule has 2 aliphatic heterocycles. The zero-order valence-electron chi connectivity index (χ0n) is 18.0. The molecule has 1 spiro atoms. The molecule has 1 amide bonds. The molecule has 2 saturated heterocycles. The first-order chi connectivity index (χ1) is 15.2. The predicted octanol–water partition coefficient (Wildman–Crippen LogP) is 3.00. The van der Waals surface area contributed by atoms with E-state index in [1.54, 1.807) is 0 Å².